The van der Waals surface area contributed by atoms with Gasteiger partial charge in [-0.3, -0.25) is 5.32 Å². The van der Waals surface area contributed by atoms with E-state index in [0.717, 1.165) is 6.07 Å². The van der Waals surface area contributed by atoms with Gasteiger partial charge in [0.15, 0.2) is 0 Å². The first-order chi connectivity index (χ1) is 9.86. The highest BCUT2D eigenvalue weighted by Gasteiger charge is 2.23. The highest BCUT2D eigenvalue weighted by Crippen LogP contribution is 2.25. The third-order valence-electron chi connectivity index (χ3n) is 2.57. The van der Waals surface area contributed by atoms with Crippen LogP contribution in [0.25, 0.3) is 0 Å². The number of aromatic carboxylic acids is 1. The van der Waals surface area contributed by atoms with Crippen LogP contribution in [0.15, 0.2) is 18.2 Å². The number of amides is 1. The summed E-state index contributed by atoms with van der Waals surface area (Å²) >= 11 is 0. The topological polar surface area (TPSA) is 133 Å². The number of aliphatic carboxylic acids is 1. The van der Waals surface area contributed by atoms with E-state index >= 15 is 0 Å². The quantitative estimate of drug-likeness (QED) is 0.630. The first-order valence-corrected chi connectivity index (χ1v) is 6.12. The van der Waals surface area contributed by atoms with E-state index in [2.05, 4.69) is 5.32 Å². The molecule has 8 nitrogen and oxygen atoms in total. The Morgan fingerprint density at radius 2 is 1.95 bits per heavy atom. The van der Waals surface area contributed by atoms with Crippen LogP contribution in [-0.2, 0) is 9.53 Å². The van der Waals surface area contributed by atoms with E-state index < -0.39 is 35.4 Å². The molecular weight excluding hydrogens is 282 g/mol. The van der Waals surface area contributed by atoms with Crippen molar-refractivity contribution in [1.82, 2.24) is 0 Å². The number of phenols is 1. The number of aromatic hydroxyl groups is 1. The molecule has 0 saturated heterocycles. The number of benzene rings is 1. The third kappa shape index (κ3) is 4.37. The molecule has 0 radical (unpaired) electrons. The summed E-state index contributed by atoms with van der Waals surface area (Å²) < 4.78 is 4.71. The molecule has 1 aromatic rings. The van der Waals surface area contributed by atoms with Crippen LogP contribution in [0, 0.1) is 0 Å². The SMILES string of the molecule is CCCC(OC(=O)Nc1cccc(O)c1C(=O)O)C(=O)O. The average molecular weight is 297 g/mol. The molecule has 21 heavy (non-hydrogen) atoms. The van der Waals surface area contributed by atoms with Crippen LogP contribution in [0.1, 0.15) is 30.1 Å². The summed E-state index contributed by atoms with van der Waals surface area (Å²) in [6.45, 7) is 1.73. The lowest BCUT2D eigenvalue weighted by Crippen LogP contribution is -2.29. The van der Waals surface area contributed by atoms with Gasteiger partial charge in [0.25, 0.3) is 0 Å². The maximum Gasteiger partial charge on any atom is 0.412 e. The smallest absolute Gasteiger partial charge is 0.412 e. The molecule has 114 valence electrons. The number of anilines is 1. The van der Waals surface area contributed by atoms with Crippen molar-refractivity contribution in [1.29, 1.82) is 0 Å². The second-order valence-corrected chi connectivity index (χ2v) is 4.15. The number of carbonyl (C=O) groups excluding carboxylic acids is 1. The van der Waals surface area contributed by atoms with Crippen molar-refractivity contribution >= 4 is 23.7 Å². The van der Waals surface area contributed by atoms with Gasteiger partial charge in [0, 0.05) is 0 Å². The van der Waals surface area contributed by atoms with Crippen molar-refractivity contribution in [3.05, 3.63) is 23.8 Å². The zero-order valence-corrected chi connectivity index (χ0v) is 11.2. The molecule has 0 aromatic heterocycles. The predicted octanol–water partition coefficient (Wildman–Crippen LogP) is 1.89. The van der Waals surface area contributed by atoms with Gasteiger partial charge in [0.05, 0.1) is 5.69 Å². The molecule has 0 fully saturated rings. The molecule has 0 aliphatic heterocycles. The summed E-state index contributed by atoms with van der Waals surface area (Å²) in [5.41, 5.74) is -0.690. The number of hydrogen-bond donors (Lipinski definition) is 4. The summed E-state index contributed by atoms with van der Waals surface area (Å²) in [6.07, 6.45) is -1.80. The van der Waals surface area contributed by atoms with Gasteiger partial charge in [-0.1, -0.05) is 19.4 Å². The molecular formula is C13H15NO7. The summed E-state index contributed by atoms with van der Waals surface area (Å²) in [5, 5.41) is 29.4. The van der Waals surface area contributed by atoms with Gasteiger partial charge in [-0.05, 0) is 18.6 Å². The van der Waals surface area contributed by atoms with E-state index in [1.165, 1.54) is 12.1 Å². The number of carboxylic acids is 2. The Hall–Kier alpha value is -2.77. The van der Waals surface area contributed by atoms with Crippen LogP contribution in [0.2, 0.25) is 0 Å². The maximum absolute atomic E-state index is 11.6. The van der Waals surface area contributed by atoms with Gasteiger partial charge < -0.3 is 20.1 Å². The summed E-state index contributed by atoms with van der Waals surface area (Å²) in [5.74, 6) is -3.25. The fourth-order valence-corrected chi connectivity index (χ4v) is 1.63. The van der Waals surface area contributed by atoms with Crippen molar-refractivity contribution in [2.75, 3.05) is 5.32 Å². The molecule has 1 aromatic carbocycles. The van der Waals surface area contributed by atoms with Crippen molar-refractivity contribution in [3.8, 4) is 5.75 Å². The molecule has 0 heterocycles. The molecule has 0 spiro atoms. The number of ether oxygens (including phenoxy) is 1. The van der Waals surface area contributed by atoms with Gasteiger partial charge in [0.1, 0.15) is 11.3 Å². The highest BCUT2D eigenvalue weighted by molar-refractivity contribution is 6.01. The molecule has 1 amide bonds. The van der Waals surface area contributed by atoms with Gasteiger partial charge in [-0.25, -0.2) is 14.4 Å². The summed E-state index contributed by atoms with van der Waals surface area (Å²) in [6, 6.07) is 3.73. The number of hydrogen-bond acceptors (Lipinski definition) is 5. The molecule has 8 heteroatoms. The van der Waals surface area contributed by atoms with E-state index in [4.69, 9.17) is 14.9 Å². The van der Waals surface area contributed by atoms with Gasteiger partial charge in [0.2, 0.25) is 6.10 Å². The highest BCUT2D eigenvalue weighted by atomic mass is 16.6. The maximum atomic E-state index is 11.6. The first-order valence-electron chi connectivity index (χ1n) is 6.12. The van der Waals surface area contributed by atoms with Crippen LogP contribution >= 0.6 is 0 Å². The van der Waals surface area contributed by atoms with Crippen molar-refractivity contribution in [2.45, 2.75) is 25.9 Å². The second-order valence-electron chi connectivity index (χ2n) is 4.15. The zero-order chi connectivity index (χ0) is 16.0. The Labute approximate surface area is 120 Å². The molecule has 0 aliphatic rings. The molecule has 1 unspecified atom stereocenters. The Bertz CT molecular complexity index is 555. The number of rotatable bonds is 6. The number of nitrogens with one attached hydrogen (secondary N) is 1. The van der Waals surface area contributed by atoms with Gasteiger partial charge >= 0.3 is 18.0 Å². The Morgan fingerprint density at radius 1 is 1.29 bits per heavy atom. The molecule has 4 N–H and O–H groups in total. The van der Waals surface area contributed by atoms with E-state index in [9.17, 15) is 19.5 Å². The van der Waals surface area contributed by atoms with Gasteiger partial charge in [-0.2, -0.15) is 0 Å². The number of carboxylic acid groups (broad SMARTS) is 2. The fraction of sp³-hybridized carbons (Fsp3) is 0.308. The largest absolute Gasteiger partial charge is 0.507 e. The Morgan fingerprint density at radius 3 is 2.48 bits per heavy atom. The standard InChI is InChI=1S/C13H15NO7/c1-2-4-9(11(16)17)21-13(20)14-7-5-3-6-8(15)10(7)12(18)19/h3,5-6,9,15H,2,4H2,1H3,(H,14,20)(H,16,17)(H,18,19). The minimum absolute atomic E-state index is 0.134. The lowest BCUT2D eigenvalue weighted by Gasteiger charge is -2.14. The molecule has 1 rings (SSSR count). The van der Waals surface area contributed by atoms with E-state index in [0.29, 0.717) is 6.42 Å². The van der Waals surface area contributed by atoms with Crippen LogP contribution in [0.3, 0.4) is 0 Å². The second kappa shape index (κ2) is 7.13. The summed E-state index contributed by atoms with van der Waals surface area (Å²) in [4.78, 5) is 33.5. The monoisotopic (exact) mass is 297 g/mol. The van der Waals surface area contributed by atoms with Crippen LogP contribution in [-0.4, -0.2) is 39.5 Å². The molecule has 0 aliphatic carbocycles. The van der Waals surface area contributed by atoms with E-state index in [1.54, 1.807) is 6.92 Å². The predicted molar refractivity (Wildman–Crippen MR) is 71.5 cm³/mol. The summed E-state index contributed by atoms with van der Waals surface area (Å²) in [7, 11) is 0. The third-order valence-corrected chi connectivity index (χ3v) is 2.57. The van der Waals surface area contributed by atoms with Gasteiger partial charge in [-0.15, -0.1) is 0 Å². The van der Waals surface area contributed by atoms with Crippen LogP contribution < -0.4 is 5.32 Å². The van der Waals surface area contributed by atoms with Crippen LogP contribution in [0.4, 0.5) is 10.5 Å². The lowest BCUT2D eigenvalue weighted by atomic mass is 10.1. The minimum atomic E-state index is -1.44. The normalized spacial score (nSPS) is 11.5. The Balaban J connectivity index is 2.86. The van der Waals surface area contributed by atoms with E-state index in [1.807, 2.05) is 0 Å². The van der Waals surface area contributed by atoms with Crippen molar-refractivity contribution < 1.29 is 34.4 Å². The first kappa shape index (κ1) is 16.3. The van der Waals surface area contributed by atoms with Crippen molar-refractivity contribution in [3.63, 3.8) is 0 Å². The fourth-order valence-electron chi connectivity index (χ4n) is 1.63. The lowest BCUT2D eigenvalue weighted by molar-refractivity contribution is -0.146. The Kier molecular flexibility index (Phi) is 5.53. The number of carbonyl (C=O) groups is 3. The zero-order valence-electron chi connectivity index (χ0n) is 11.2. The molecule has 1 atom stereocenters. The minimum Gasteiger partial charge on any atom is -0.507 e. The van der Waals surface area contributed by atoms with Crippen LogP contribution in [0.5, 0.6) is 5.75 Å². The van der Waals surface area contributed by atoms with E-state index in [-0.39, 0.29) is 12.1 Å². The van der Waals surface area contributed by atoms with Crippen molar-refractivity contribution in [2.24, 2.45) is 0 Å². The molecule has 0 saturated carbocycles. The average Bonchev–Trinajstić information content (AvgIpc) is 2.37. The molecule has 0 bridgehead atoms.